The van der Waals surface area contributed by atoms with Crippen molar-refractivity contribution < 1.29 is 19.4 Å². The Kier molecular flexibility index (Phi) is 4.18. The van der Waals surface area contributed by atoms with Gasteiger partial charge in [-0.15, -0.1) is 0 Å². The minimum Gasteiger partial charge on any atom is -0.486 e. The summed E-state index contributed by atoms with van der Waals surface area (Å²) in [4.78, 5) is 11.7. The number of carbonyl (C=O) groups is 1. The summed E-state index contributed by atoms with van der Waals surface area (Å²) in [5.74, 6) is 0.727. The van der Waals surface area contributed by atoms with Gasteiger partial charge in [-0.05, 0) is 37.1 Å². The first kappa shape index (κ1) is 14.7. The molecule has 5 heteroatoms. The van der Waals surface area contributed by atoms with E-state index in [1.807, 2.05) is 13.8 Å². The van der Waals surface area contributed by atoms with Crippen molar-refractivity contribution in [3.8, 4) is 11.5 Å². The van der Waals surface area contributed by atoms with Gasteiger partial charge in [0.25, 0.3) is 0 Å². The molecule has 0 fully saturated rings. The molecule has 0 amide bonds. The number of rotatable bonds is 5. The minimum atomic E-state index is -1.14. The second-order valence-electron chi connectivity index (χ2n) is 5.56. The third-order valence-corrected chi connectivity index (χ3v) is 3.41. The number of carboxylic acid groups (broad SMARTS) is 1. The Morgan fingerprint density at radius 1 is 1.35 bits per heavy atom. The maximum atomic E-state index is 11.7. The molecule has 0 saturated carbocycles. The molecule has 1 aromatic rings. The predicted octanol–water partition coefficient (Wildman–Crippen LogP) is 2.00. The van der Waals surface area contributed by atoms with E-state index in [1.54, 1.807) is 25.1 Å². The van der Waals surface area contributed by atoms with Crippen LogP contribution in [0.4, 0.5) is 0 Å². The molecule has 1 unspecified atom stereocenters. The van der Waals surface area contributed by atoms with Crippen LogP contribution in [0.2, 0.25) is 0 Å². The maximum absolute atomic E-state index is 11.7. The summed E-state index contributed by atoms with van der Waals surface area (Å²) in [6.45, 7) is 7.38. The van der Waals surface area contributed by atoms with E-state index in [-0.39, 0.29) is 0 Å². The summed E-state index contributed by atoms with van der Waals surface area (Å²) >= 11 is 0. The lowest BCUT2D eigenvalue weighted by Gasteiger charge is -2.29. The molecule has 0 aromatic heterocycles. The van der Waals surface area contributed by atoms with E-state index in [0.29, 0.717) is 42.7 Å². The van der Waals surface area contributed by atoms with Crippen LogP contribution >= 0.6 is 0 Å². The van der Waals surface area contributed by atoms with Gasteiger partial charge in [-0.3, -0.25) is 5.32 Å². The van der Waals surface area contributed by atoms with Crippen LogP contribution in [-0.2, 0) is 10.3 Å². The maximum Gasteiger partial charge on any atom is 0.328 e. The van der Waals surface area contributed by atoms with Crippen LogP contribution in [0.1, 0.15) is 26.3 Å². The van der Waals surface area contributed by atoms with Crippen molar-refractivity contribution in [3.05, 3.63) is 23.8 Å². The molecule has 1 atom stereocenters. The Labute approximate surface area is 118 Å². The molecule has 20 heavy (non-hydrogen) atoms. The van der Waals surface area contributed by atoms with E-state index in [2.05, 4.69) is 5.32 Å². The van der Waals surface area contributed by atoms with E-state index in [1.165, 1.54) is 0 Å². The number of aliphatic carboxylic acids is 1. The highest BCUT2D eigenvalue weighted by molar-refractivity contribution is 5.80. The summed E-state index contributed by atoms with van der Waals surface area (Å²) in [6.07, 6.45) is 0. The summed E-state index contributed by atoms with van der Waals surface area (Å²) in [6, 6.07) is 5.28. The molecule has 2 rings (SSSR count). The molecule has 5 nitrogen and oxygen atoms in total. The number of carboxylic acids is 1. The summed E-state index contributed by atoms with van der Waals surface area (Å²) in [5.41, 5.74) is -0.477. The average molecular weight is 279 g/mol. The van der Waals surface area contributed by atoms with Gasteiger partial charge in [-0.2, -0.15) is 0 Å². The zero-order valence-electron chi connectivity index (χ0n) is 12.1. The first-order chi connectivity index (χ1) is 9.43. The van der Waals surface area contributed by atoms with E-state index < -0.39 is 11.5 Å². The Balaban J connectivity index is 2.31. The number of nitrogens with one attached hydrogen (secondary N) is 1. The molecule has 1 heterocycles. The fourth-order valence-corrected chi connectivity index (χ4v) is 2.06. The van der Waals surface area contributed by atoms with Crippen molar-refractivity contribution >= 4 is 5.97 Å². The van der Waals surface area contributed by atoms with Crippen LogP contribution in [0.25, 0.3) is 0 Å². The largest absolute Gasteiger partial charge is 0.486 e. The molecule has 1 aromatic carbocycles. The van der Waals surface area contributed by atoms with E-state index in [9.17, 15) is 9.90 Å². The fraction of sp³-hybridized carbons (Fsp3) is 0.533. The fourth-order valence-electron chi connectivity index (χ4n) is 2.06. The van der Waals surface area contributed by atoms with Gasteiger partial charge >= 0.3 is 5.97 Å². The second-order valence-corrected chi connectivity index (χ2v) is 5.56. The SMILES string of the molecule is CC(C)CNC(C)(C(=O)O)c1ccc2c(c1)OCCO2. The van der Waals surface area contributed by atoms with E-state index in [4.69, 9.17) is 9.47 Å². The quantitative estimate of drug-likeness (QED) is 0.863. The van der Waals surface area contributed by atoms with Crippen molar-refractivity contribution in [2.45, 2.75) is 26.3 Å². The molecule has 1 aliphatic rings. The summed E-state index contributed by atoms with van der Waals surface area (Å²) in [5, 5.41) is 12.7. The molecule has 0 radical (unpaired) electrons. The number of ether oxygens (including phenoxy) is 2. The van der Waals surface area contributed by atoms with Crippen LogP contribution in [-0.4, -0.2) is 30.8 Å². The molecule has 0 spiro atoms. The topological polar surface area (TPSA) is 67.8 Å². The molecular weight excluding hydrogens is 258 g/mol. The van der Waals surface area contributed by atoms with Crippen LogP contribution in [0.15, 0.2) is 18.2 Å². The van der Waals surface area contributed by atoms with Crippen LogP contribution < -0.4 is 14.8 Å². The van der Waals surface area contributed by atoms with Gasteiger partial charge < -0.3 is 14.6 Å². The molecule has 0 bridgehead atoms. The van der Waals surface area contributed by atoms with Crippen molar-refractivity contribution in [3.63, 3.8) is 0 Å². The molecule has 0 aliphatic carbocycles. The molecular formula is C15H21NO4. The third kappa shape index (κ3) is 2.88. The highest BCUT2D eigenvalue weighted by Gasteiger charge is 2.35. The Morgan fingerprint density at radius 3 is 2.60 bits per heavy atom. The van der Waals surface area contributed by atoms with Gasteiger partial charge in [0.2, 0.25) is 0 Å². The molecule has 0 saturated heterocycles. The number of fused-ring (bicyclic) bond motifs is 1. The summed E-state index contributed by atoms with van der Waals surface area (Å²) in [7, 11) is 0. The lowest BCUT2D eigenvalue weighted by atomic mass is 9.91. The zero-order valence-corrected chi connectivity index (χ0v) is 12.1. The number of benzene rings is 1. The Hall–Kier alpha value is -1.75. The van der Waals surface area contributed by atoms with Crippen molar-refractivity contribution in [2.24, 2.45) is 5.92 Å². The second kappa shape index (κ2) is 5.71. The minimum absolute atomic E-state index is 0.367. The van der Waals surface area contributed by atoms with Crippen LogP contribution in [0.5, 0.6) is 11.5 Å². The molecule has 110 valence electrons. The van der Waals surface area contributed by atoms with Crippen molar-refractivity contribution in [1.82, 2.24) is 5.32 Å². The average Bonchev–Trinajstić information content (AvgIpc) is 2.44. The standard InChI is InChI=1S/C15H21NO4/c1-10(2)9-16-15(3,14(17)18)11-4-5-12-13(8-11)20-7-6-19-12/h4-5,8,10,16H,6-7,9H2,1-3H3,(H,17,18). The van der Waals surface area contributed by atoms with Gasteiger partial charge in [-0.1, -0.05) is 19.9 Å². The highest BCUT2D eigenvalue weighted by Crippen LogP contribution is 2.34. The monoisotopic (exact) mass is 279 g/mol. The van der Waals surface area contributed by atoms with Crippen molar-refractivity contribution in [2.75, 3.05) is 19.8 Å². The highest BCUT2D eigenvalue weighted by atomic mass is 16.6. The zero-order chi connectivity index (χ0) is 14.8. The first-order valence-corrected chi connectivity index (χ1v) is 6.82. The normalized spacial score (nSPS) is 16.8. The van der Waals surface area contributed by atoms with Crippen LogP contribution in [0.3, 0.4) is 0 Å². The smallest absolute Gasteiger partial charge is 0.328 e. The van der Waals surface area contributed by atoms with Gasteiger partial charge in [0.1, 0.15) is 18.8 Å². The lowest BCUT2D eigenvalue weighted by molar-refractivity contribution is -0.144. The lowest BCUT2D eigenvalue weighted by Crippen LogP contribution is -2.48. The Bertz CT molecular complexity index is 501. The van der Waals surface area contributed by atoms with E-state index in [0.717, 1.165) is 0 Å². The first-order valence-electron chi connectivity index (χ1n) is 6.82. The van der Waals surface area contributed by atoms with Gasteiger partial charge in [0.15, 0.2) is 11.5 Å². The van der Waals surface area contributed by atoms with Crippen LogP contribution in [0, 0.1) is 5.92 Å². The number of hydrogen-bond acceptors (Lipinski definition) is 4. The molecule has 1 aliphatic heterocycles. The third-order valence-electron chi connectivity index (χ3n) is 3.41. The van der Waals surface area contributed by atoms with Gasteiger partial charge in [0.05, 0.1) is 0 Å². The number of hydrogen-bond donors (Lipinski definition) is 2. The van der Waals surface area contributed by atoms with Gasteiger partial charge in [0, 0.05) is 0 Å². The van der Waals surface area contributed by atoms with E-state index >= 15 is 0 Å². The summed E-state index contributed by atoms with van der Waals surface area (Å²) < 4.78 is 11.0. The molecule has 2 N–H and O–H groups in total. The predicted molar refractivity (Wildman–Crippen MR) is 75.3 cm³/mol. The van der Waals surface area contributed by atoms with Crippen molar-refractivity contribution in [1.29, 1.82) is 0 Å². The van der Waals surface area contributed by atoms with Gasteiger partial charge in [-0.25, -0.2) is 4.79 Å². The Morgan fingerprint density at radius 2 is 2.00 bits per heavy atom.